The van der Waals surface area contributed by atoms with E-state index in [-0.39, 0.29) is 6.04 Å². The molecular formula is C15H18BrNOS. The van der Waals surface area contributed by atoms with Gasteiger partial charge in [-0.2, -0.15) is 0 Å². The largest absolute Gasteiger partial charge is 0.452 e. The van der Waals surface area contributed by atoms with Crippen LogP contribution >= 0.6 is 27.3 Å². The lowest BCUT2D eigenvalue weighted by Gasteiger charge is -2.13. The minimum Gasteiger partial charge on any atom is -0.452 e. The first-order chi connectivity index (χ1) is 9.28. The molecule has 0 aliphatic heterocycles. The van der Waals surface area contributed by atoms with Crippen LogP contribution in [-0.2, 0) is 12.8 Å². The molecule has 4 heteroatoms. The Kier molecular flexibility index (Phi) is 4.10. The minimum absolute atomic E-state index is 0.187. The second-order valence-electron chi connectivity index (χ2n) is 4.94. The zero-order chi connectivity index (χ0) is 13.2. The van der Waals surface area contributed by atoms with Crippen molar-refractivity contribution in [2.24, 2.45) is 0 Å². The van der Waals surface area contributed by atoms with E-state index in [0.29, 0.717) is 0 Å². The fourth-order valence-corrected chi connectivity index (χ4v) is 4.35. The number of hydrogen-bond donors (Lipinski definition) is 1. The third kappa shape index (κ3) is 2.81. The number of furan rings is 1. The highest BCUT2D eigenvalue weighted by Gasteiger charge is 2.22. The van der Waals surface area contributed by atoms with E-state index in [0.717, 1.165) is 17.0 Å². The molecule has 2 nitrogen and oxygen atoms in total. The van der Waals surface area contributed by atoms with E-state index >= 15 is 0 Å². The van der Waals surface area contributed by atoms with Gasteiger partial charge in [0.1, 0.15) is 11.8 Å². The molecule has 19 heavy (non-hydrogen) atoms. The molecule has 0 amide bonds. The monoisotopic (exact) mass is 339 g/mol. The van der Waals surface area contributed by atoms with Crippen molar-refractivity contribution in [3.63, 3.8) is 0 Å². The summed E-state index contributed by atoms with van der Waals surface area (Å²) in [5.41, 5.74) is 1.56. The molecule has 2 aromatic heterocycles. The van der Waals surface area contributed by atoms with Crippen LogP contribution in [-0.4, -0.2) is 6.54 Å². The summed E-state index contributed by atoms with van der Waals surface area (Å²) in [5, 5.41) is 3.53. The topological polar surface area (TPSA) is 25.2 Å². The fourth-order valence-electron chi connectivity index (χ4n) is 2.68. The molecule has 0 saturated carbocycles. The molecule has 2 heterocycles. The van der Waals surface area contributed by atoms with Crippen molar-refractivity contribution in [2.45, 2.75) is 38.6 Å². The summed E-state index contributed by atoms with van der Waals surface area (Å²) in [5.74, 6) is 0.993. The first kappa shape index (κ1) is 13.4. The molecule has 1 aliphatic rings. The number of thiophene rings is 1. The summed E-state index contributed by atoms with van der Waals surface area (Å²) in [6.07, 6.45) is 5.17. The Morgan fingerprint density at radius 1 is 1.37 bits per heavy atom. The Hall–Kier alpha value is -0.580. The molecule has 2 aromatic rings. The predicted molar refractivity (Wildman–Crippen MR) is 82.9 cm³/mol. The molecule has 0 bridgehead atoms. The second kappa shape index (κ2) is 5.81. The second-order valence-corrected chi connectivity index (χ2v) is 6.89. The Balaban J connectivity index is 1.93. The van der Waals surface area contributed by atoms with Gasteiger partial charge in [-0.3, -0.25) is 0 Å². The summed E-state index contributed by atoms with van der Waals surface area (Å²) >= 11 is 5.34. The van der Waals surface area contributed by atoms with Crippen LogP contribution in [0.5, 0.6) is 0 Å². The normalized spacial score (nSPS) is 16.3. The lowest BCUT2D eigenvalue weighted by Crippen LogP contribution is -2.20. The predicted octanol–water partition coefficient (Wildman–Crippen LogP) is 4.68. The van der Waals surface area contributed by atoms with Crippen LogP contribution in [0.3, 0.4) is 0 Å². The van der Waals surface area contributed by atoms with Crippen LogP contribution in [0, 0.1) is 0 Å². The average molecular weight is 340 g/mol. The highest BCUT2D eigenvalue weighted by molar-refractivity contribution is 9.10. The van der Waals surface area contributed by atoms with E-state index in [4.69, 9.17) is 4.42 Å². The van der Waals surface area contributed by atoms with Gasteiger partial charge in [-0.15, -0.1) is 11.3 Å². The minimum atomic E-state index is 0.187. The van der Waals surface area contributed by atoms with Gasteiger partial charge in [0, 0.05) is 9.75 Å². The maximum Gasteiger partial charge on any atom is 0.169 e. The molecule has 1 atom stereocenters. The zero-order valence-corrected chi connectivity index (χ0v) is 13.4. The average Bonchev–Trinajstić information content (AvgIpc) is 3.01. The quantitative estimate of drug-likeness (QED) is 0.874. The van der Waals surface area contributed by atoms with Gasteiger partial charge in [-0.05, 0) is 71.9 Å². The van der Waals surface area contributed by atoms with Gasteiger partial charge in [0.25, 0.3) is 0 Å². The molecule has 0 radical (unpaired) electrons. The molecule has 0 aromatic carbocycles. The third-order valence-electron chi connectivity index (χ3n) is 3.59. The van der Waals surface area contributed by atoms with Crippen molar-refractivity contribution in [3.05, 3.63) is 43.9 Å². The van der Waals surface area contributed by atoms with Crippen molar-refractivity contribution in [3.8, 4) is 0 Å². The van der Waals surface area contributed by atoms with Crippen molar-refractivity contribution < 1.29 is 4.42 Å². The number of fused-ring (bicyclic) bond motifs is 1. The summed E-state index contributed by atoms with van der Waals surface area (Å²) in [6.45, 7) is 3.07. The van der Waals surface area contributed by atoms with Crippen molar-refractivity contribution in [1.82, 2.24) is 5.32 Å². The summed E-state index contributed by atoms with van der Waals surface area (Å²) in [6, 6.07) is 6.58. The van der Waals surface area contributed by atoms with Gasteiger partial charge in [-0.25, -0.2) is 0 Å². The van der Waals surface area contributed by atoms with E-state index in [1.165, 1.54) is 30.6 Å². The summed E-state index contributed by atoms with van der Waals surface area (Å²) in [7, 11) is 0. The SMILES string of the molecule is CCNC(c1ccc(Br)o1)c1cc2c(s1)CCCC2. The van der Waals surface area contributed by atoms with Gasteiger partial charge in [-0.1, -0.05) is 6.92 Å². The smallest absolute Gasteiger partial charge is 0.169 e. The lowest BCUT2D eigenvalue weighted by atomic mass is 9.98. The maximum absolute atomic E-state index is 5.75. The van der Waals surface area contributed by atoms with Gasteiger partial charge >= 0.3 is 0 Å². The van der Waals surface area contributed by atoms with Gasteiger partial charge < -0.3 is 9.73 Å². The molecule has 1 unspecified atom stereocenters. The number of nitrogens with one attached hydrogen (secondary N) is 1. The molecule has 1 N–H and O–H groups in total. The zero-order valence-electron chi connectivity index (χ0n) is 11.0. The Morgan fingerprint density at radius 3 is 2.89 bits per heavy atom. The number of rotatable bonds is 4. The molecule has 0 spiro atoms. The van der Waals surface area contributed by atoms with Gasteiger partial charge in [0.05, 0.1) is 0 Å². The van der Waals surface area contributed by atoms with E-state index in [1.54, 1.807) is 10.4 Å². The Morgan fingerprint density at radius 2 is 2.21 bits per heavy atom. The first-order valence-corrected chi connectivity index (χ1v) is 8.49. The Labute approximate surface area is 126 Å². The Bertz CT molecular complexity index is 537. The van der Waals surface area contributed by atoms with Crippen molar-refractivity contribution in [1.29, 1.82) is 0 Å². The fraction of sp³-hybridized carbons (Fsp3) is 0.467. The molecule has 1 aliphatic carbocycles. The molecule has 3 rings (SSSR count). The molecule has 0 saturated heterocycles. The van der Waals surface area contributed by atoms with Gasteiger partial charge in [0.2, 0.25) is 0 Å². The lowest BCUT2D eigenvalue weighted by molar-refractivity contribution is 0.440. The number of halogens is 1. The van der Waals surface area contributed by atoms with Crippen LogP contribution in [0.4, 0.5) is 0 Å². The van der Waals surface area contributed by atoms with E-state index in [2.05, 4.69) is 40.3 Å². The van der Waals surface area contributed by atoms with E-state index in [1.807, 2.05) is 17.4 Å². The van der Waals surface area contributed by atoms with E-state index < -0.39 is 0 Å². The van der Waals surface area contributed by atoms with Crippen molar-refractivity contribution in [2.75, 3.05) is 6.54 Å². The molecule has 102 valence electrons. The number of aryl methyl sites for hydroxylation is 2. The number of hydrogen-bond acceptors (Lipinski definition) is 3. The van der Waals surface area contributed by atoms with E-state index in [9.17, 15) is 0 Å². The highest BCUT2D eigenvalue weighted by Crippen LogP contribution is 2.36. The highest BCUT2D eigenvalue weighted by atomic mass is 79.9. The molecular weight excluding hydrogens is 322 g/mol. The molecule has 0 fully saturated rings. The standard InChI is InChI=1S/C15H18BrNOS/c1-2-17-15(11-7-8-14(16)18-11)13-9-10-5-3-4-6-12(10)19-13/h7-9,15,17H,2-6H2,1H3. The maximum atomic E-state index is 5.75. The van der Waals surface area contributed by atoms with Crippen LogP contribution in [0.2, 0.25) is 0 Å². The van der Waals surface area contributed by atoms with Crippen molar-refractivity contribution >= 4 is 27.3 Å². The van der Waals surface area contributed by atoms with Crippen LogP contribution < -0.4 is 5.32 Å². The van der Waals surface area contributed by atoms with Crippen LogP contribution in [0.15, 0.2) is 27.3 Å². The first-order valence-electron chi connectivity index (χ1n) is 6.88. The van der Waals surface area contributed by atoms with Crippen LogP contribution in [0.25, 0.3) is 0 Å². The third-order valence-corrected chi connectivity index (χ3v) is 5.32. The summed E-state index contributed by atoms with van der Waals surface area (Å²) < 4.78 is 6.54. The summed E-state index contributed by atoms with van der Waals surface area (Å²) in [4.78, 5) is 2.96. The van der Waals surface area contributed by atoms with Gasteiger partial charge in [0.15, 0.2) is 4.67 Å². The van der Waals surface area contributed by atoms with Crippen LogP contribution in [0.1, 0.15) is 46.9 Å².